The summed E-state index contributed by atoms with van der Waals surface area (Å²) in [6.45, 7) is 5.58. The van der Waals surface area contributed by atoms with Gasteiger partial charge in [-0.2, -0.15) is 0 Å². The summed E-state index contributed by atoms with van der Waals surface area (Å²) in [5, 5.41) is 9.43. The van der Waals surface area contributed by atoms with Gasteiger partial charge in [0, 0.05) is 6.54 Å². The van der Waals surface area contributed by atoms with E-state index < -0.39 is 5.97 Å². The number of nitrogens with zero attached hydrogens (tertiary/aromatic N) is 1. The van der Waals surface area contributed by atoms with Crippen molar-refractivity contribution in [3.05, 3.63) is 59.2 Å². The highest BCUT2D eigenvalue weighted by Crippen LogP contribution is 2.36. The van der Waals surface area contributed by atoms with Crippen molar-refractivity contribution in [1.29, 1.82) is 0 Å². The zero-order valence-electron chi connectivity index (χ0n) is 14.2. The van der Waals surface area contributed by atoms with Crippen LogP contribution in [-0.2, 0) is 13.0 Å². The highest BCUT2D eigenvalue weighted by Gasteiger charge is 2.26. The minimum atomic E-state index is -0.881. The van der Waals surface area contributed by atoms with E-state index in [-0.39, 0.29) is 6.10 Å². The standard InChI is InChI=1S/C20H23NO3/c1-3-14-9-10-19-18(11-14)21(13-16(4-2)24-19)12-15-7-5-6-8-17(15)20(22)23/h5-11,16H,3-4,12-13H2,1-2H3,(H,22,23). The van der Waals surface area contributed by atoms with Crippen molar-refractivity contribution in [2.75, 3.05) is 11.4 Å². The highest BCUT2D eigenvalue weighted by molar-refractivity contribution is 5.89. The topological polar surface area (TPSA) is 49.8 Å². The smallest absolute Gasteiger partial charge is 0.336 e. The Bertz CT molecular complexity index is 741. The largest absolute Gasteiger partial charge is 0.486 e. The van der Waals surface area contributed by atoms with E-state index in [1.54, 1.807) is 12.1 Å². The van der Waals surface area contributed by atoms with Crippen LogP contribution in [0.3, 0.4) is 0 Å². The summed E-state index contributed by atoms with van der Waals surface area (Å²) in [5.74, 6) is 0.00606. The Morgan fingerprint density at radius 3 is 2.75 bits per heavy atom. The van der Waals surface area contributed by atoms with Gasteiger partial charge in [0.2, 0.25) is 0 Å². The summed E-state index contributed by atoms with van der Waals surface area (Å²) < 4.78 is 6.07. The van der Waals surface area contributed by atoms with E-state index in [0.29, 0.717) is 12.1 Å². The third kappa shape index (κ3) is 3.23. The van der Waals surface area contributed by atoms with Gasteiger partial charge in [-0.3, -0.25) is 0 Å². The summed E-state index contributed by atoms with van der Waals surface area (Å²) in [6, 6.07) is 13.5. The molecule has 1 N–H and O–H groups in total. The normalized spacial score (nSPS) is 16.4. The Balaban J connectivity index is 1.97. The van der Waals surface area contributed by atoms with Gasteiger partial charge in [0.05, 0.1) is 17.8 Å². The number of hydrogen-bond donors (Lipinski definition) is 1. The molecule has 1 heterocycles. The number of rotatable bonds is 5. The Labute approximate surface area is 142 Å². The third-order valence-electron chi connectivity index (χ3n) is 4.55. The number of benzene rings is 2. The molecule has 1 aliphatic heterocycles. The zero-order valence-corrected chi connectivity index (χ0v) is 14.2. The minimum Gasteiger partial charge on any atom is -0.486 e. The van der Waals surface area contributed by atoms with Crippen LogP contribution in [0.15, 0.2) is 42.5 Å². The maximum Gasteiger partial charge on any atom is 0.336 e. The first-order valence-corrected chi connectivity index (χ1v) is 8.48. The molecule has 2 aromatic carbocycles. The lowest BCUT2D eigenvalue weighted by Crippen LogP contribution is -2.39. The zero-order chi connectivity index (χ0) is 17.1. The van der Waals surface area contributed by atoms with E-state index in [2.05, 4.69) is 30.9 Å². The van der Waals surface area contributed by atoms with Crippen molar-refractivity contribution in [1.82, 2.24) is 0 Å². The lowest BCUT2D eigenvalue weighted by Gasteiger charge is -2.36. The summed E-state index contributed by atoms with van der Waals surface area (Å²) in [7, 11) is 0. The first-order valence-electron chi connectivity index (χ1n) is 8.48. The highest BCUT2D eigenvalue weighted by atomic mass is 16.5. The van der Waals surface area contributed by atoms with Crippen LogP contribution in [-0.4, -0.2) is 23.7 Å². The van der Waals surface area contributed by atoms with Gasteiger partial charge in [0.1, 0.15) is 11.9 Å². The monoisotopic (exact) mass is 325 g/mol. The molecule has 0 fully saturated rings. The molecule has 3 rings (SSSR count). The van der Waals surface area contributed by atoms with Crippen LogP contribution in [0.25, 0.3) is 0 Å². The van der Waals surface area contributed by atoms with Crippen molar-refractivity contribution in [2.24, 2.45) is 0 Å². The average molecular weight is 325 g/mol. The van der Waals surface area contributed by atoms with Gasteiger partial charge >= 0.3 is 5.97 Å². The summed E-state index contributed by atoms with van der Waals surface area (Å²) in [6.07, 6.45) is 2.01. The maximum absolute atomic E-state index is 11.5. The molecule has 0 aromatic heterocycles. The van der Waals surface area contributed by atoms with Gasteiger partial charge < -0.3 is 14.7 Å². The van der Waals surface area contributed by atoms with Crippen molar-refractivity contribution < 1.29 is 14.6 Å². The Morgan fingerprint density at radius 1 is 1.25 bits per heavy atom. The van der Waals surface area contributed by atoms with Crippen molar-refractivity contribution in [2.45, 2.75) is 39.3 Å². The van der Waals surface area contributed by atoms with Crippen LogP contribution >= 0.6 is 0 Å². The molecule has 1 atom stereocenters. The molecule has 0 aliphatic carbocycles. The first kappa shape index (κ1) is 16.4. The van der Waals surface area contributed by atoms with Crippen LogP contribution in [0.2, 0.25) is 0 Å². The second kappa shape index (κ2) is 6.95. The number of carboxylic acids is 1. The molecular weight excluding hydrogens is 302 g/mol. The third-order valence-corrected chi connectivity index (χ3v) is 4.55. The van der Waals surface area contributed by atoms with Gasteiger partial charge in [-0.15, -0.1) is 0 Å². The Morgan fingerprint density at radius 2 is 2.04 bits per heavy atom. The molecule has 0 spiro atoms. The second-order valence-electron chi connectivity index (χ2n) is 6.15. The molecule has 2 aromatic rings. The number of fused-ring (bicyclic) bond motifs is 1. The summed E-state index contributed by atoms with van der Waals surface area (Å²) in [4.78, 5) is 13.7. The summed E-state index contributed by atoms with van der Waals surface area (Å²) >= 11 is 0. The predicted octanol–water partition coefficient (Wildman–Crippen LogP) is 4.12. The van der Waals surface area contributed by atoms with E-state index in [1.807, 2.05) is 18.2 Å². The van der Waals surface area contributed by atoms with Crippen LogP contribution in [0, 0.1) is 0 Å². The van der Waals surface area contributed by atoms with Crippen LogP contribution in [0.4, 0.5) is 5.69 Å². The fourth-order valence-corrected chi connectivity index (χ4v) is 3.13. The van der Waals surface area contributed by atoms with Crippen LogP contribution < -0.4 is 9.64 Å². The number of anilines is 1. The lowest BCUT2D eigenvalue weighted by atomic mass is 10.0. The summed E-state index contributed by atoms with van der Waals surface area (Å²) in [5.41, 5.74) is 3.50. The van der Waals surface area contributed by atoms with E-state index in [9.17, 15) is 9.90 Å². The molecule has 0 radical (unpaired) electrons. The van der Waals surface area contributed by atoms with Crippen LogP contribution in [0.1, 0.15) is 41.8 Å². The Kier molecular flexibility index (Phi) is 4.74. The second-order valence-corrected chi connectivity index (χ2v) is 6.15. The molecule has 4 nitrogen and oxygen atoms in total. The molecule has 0 bridgehead atoms. The molecule has 0 amide bonds. The lowest BCUT2D eigenvalue weighted by molar-refractivity contribution is 0.0695. The molecule has 24 heavy (non-hydrogen) atoms. The molecule has 0 saturated heterocycles. The SMILES string of the molecule is CCc1ccc2c(c1)N(Cc1ccccc1C(=O)O)CC(CC)O2. The average Bonchev–Trinajstić information content (AvgIpc) is 2.61. The molecule has 4 heteroatoms. The van der Waals surface area contributed by atoms with Crippen LogP contribution in [0.5, 0.6) is 5.75 Å². The van der Waals surface area contributed by atoms with Gasteiger partial charge in [-0.25, -0.2) is 4.79 Å². The maximum atomic E-state index is 11.5. The molecule has 1 unspecified atom stereocenters. The number of aromatic carboxylic acids is 1. The number of carbonyl (C=O) groups is 1. The molecule has 126 valence electrons. The first-order chi connectivity index (χ1) is 11.6. The molecular formula is C20H23NO3. The minimum absolute atomic E-state index is 0.127. The molecule has 1 aliphatic rings. The number of carboxylic acid groups (broad SMARTS) is 1. The van der Waals surface area contributed by atoms with E-state index >= 15 is 0 Å². The van der Waals surface area contributed by atoms with Gasteiger partial charge in [0.15, 0.2) is 0 Å². The fraction of sp³-hybridized carbons (Fsp3) is 0.350. The van der Waals surface area contributed by atoms with Crippen molar-refractivity contribution in [3.8, 4) is 5.75 Å². The Hall–Kier alpha value is -2.49. The van der Waals surface area contributed by atoms with Crippen molar-refractivity contribution >= 4 is 11.7 Å². The van der Waals surface area contributed by atoms with Gasteiger partial charge in [0.25, 0.3) is 0 Å². The van der Waals surface area contributed by atoms with E-state index in [0.717, 1.165) is 36.4 Å². The van der Waals surface area contributed by atoms with E-state index in [1.165, 1.54) is 5.56 Å². The van der Waals surface area contributed by atoms with Crippen molar-refractivity contribution in [3.63, 3.8) is 0 Å². The quantitative estimate of drug-likeness (QED) is 0.898. The van der Waals surface area contributed by atoms with Gasteiger partial charge in [-0.05, 0) is 42.2 Å². The van der Waals surface area contributed by atoms with E-state index in [4.69, 9.17) is 4.74 Å². The van der Waals surface area contributed by atoms with Gasteiger partial charge in [-0.1, -0.05) is 38.1 Å². The number of ether oxygens (including phenoxy) is 1. The molecule has 0 saturated carbocycles. The number of hydrogen-bond acceptors (Lipinski definition) is 3. The fourth-order valence-electron chi connectivity index (χ4n) is 3.13. The number of aryl methyl sites for hydroxylation is 1. The predicted molar refractivity (Wildman–Crippen MR) is 95.0 cm³/mol.